The second kappa shape index (κ2) is 8.37. The van der Waals surface area contributed by atoms with Crippen molar-refractivity contribution in [2.75, 3.05) is 38.5 Å². The SMILES string of the molecule is CNc1ccc(C(=O)N2CCC(C(=O)N3CCCCC3)CC2)cc1[N+](=O)[O-]. The van der Waals surface area contributed by atoms with E-state index in [1.54, 1.807) is 24.1 Å². The molecule has 0 aromatic heterocycles. The Morgan fingerprint density at radius 2 is 1.74 bits per heavy atom. The van der Waals surface area contributed by atoms with E-state index in [2.05, 4.69) is 5.32 Å². The Bertz CT molecular complexity index is 722. The normalized spacial score (nSPS) is 18.3. The van der Waals surface area contributed by atoms with Crippen LogP contribution in [0.15, 0.2) is 18.2 Å². The summed E-state index contributed by atoms with van der Waals surface area (Å²) < 4.78 is 0. The maximum atomic E-state index is 12.7. The number of hydrogen-bond acceptors (Lipinski definition) is 5. The molecule has 146 valence electrons. The summed E-state index contributed by atoms with van der Waals surface area (Å²) >= 11 is 0. The molecular weight excluding hydrogens is 348 g/mol. The molecule has 8 heteroatoms. The lowest BCUT2D eigenvalue weighted by Crippen LogP contribution is -2.45. The fourth-order valence-electron chi connectivity index (χ4n) is 3.91. The maximum Gasteiger partial charge on any atom is 0.293 e. The Morgan fingerprint density at radius 3 is 2.33 bits per heavy atom. The lowest BCUT2D eigenvalue weighted by Gasteiger charge is -2.35. The van der Waals surface area contributed by atoms with Crippen LogP contribution >= 0.6 is 0 Å². The molecule has 2 aliphatic rings. The number of hydrogen-bond donors (Lipinski definition) is 1. The van der Waals surface area contributed by atoms with Gasteiger partial charge in [0.1, 0.15) is 5.69 Å². The van der Waals surface area contributed by atoms with Crippen LogP contribution in [0.25, 0.3) is 0 Å². The summed E-state index contributed by atoms with van der Waals surface area (Å²) in [7, 11) is 1.61. The Labute approximate surface area is 158 Å². The molecule has 0 unspecified atom stereocenters. The van der Waals surface area contributed by atoms with Gasteiger partial charge in [-0.3, -0.25) is 19.7 Å². The number of carbonyl (C=O) groups is 2. The van der Waals surface area contributed by atoms with Crippen LogP contribution in [0.5, 0.6) is 0 Å². The van der Waals surface area contributed by atoms with E-state index in [9.17, 15) is 19.7 Å². The zero-order valence-corrected chi connectivity index (χ0v) is 15.6. The molecule has 2 heterocycles. The summed E-state index contributed by atoms with van der Waals surface area (Å²) in [6.45, 7) is 2.70. The van der Waals surface area contributed by atoms with E-state index in [1.807, 2.05) is 4.90 Å². The third-order valence-electron chi connectivity index (χ3n) is 5.51. The average Bonchev–Trinajstić information content (AvgIpc) is 2.73. The number of anilines is 1. The molecule has 27 heavy (non-hydrogen) atoms. The van der Waals surface area contributed by atoms with Crippen LogP contribution in [0.2, 0.25) is 0 Å². The summed E-state index contributed by atoms with van der Waals surface area (Å²) in [6.07, 6.45) is 4.64. The van der Waals surface area contributed by atoms with Crippen LogP contribution in [-0.4, -0.2) is 59.8 Å². The van der Waals surface area contributed by atoms with Gasteiger partial charge in [0, 0.05) is 50.8 Å². The molecule has 2 fully saturated rings. The second-order valence-electron chi connectivity index (χ2n) is 7.19. The number of rotatable bonds is 4. The number of benzene rings is 1. The zero-order chi connectivity index (χ0) is 19.4. The van der Waals surface area contributed by atoms with Crippen molar-refractivity contribution in [2.45, 2.75) is 32.1 Å². The van der Waals surface area contributed by atoms with Gasteiger partial charge in [-0.25, -0.2) is 0 Å². The Hall–Kier alpha value is -2.64. The van der Waals surface area contributed by atoms with Crippen molar-refractivity contribution in [3.8, 4) is 0 Å². The smallest absolute Gasteiger partial charge is 0.293 e. The minimum atomic E-state index is -0.494. The maximum absolute atomic E-state index is 12.7. The topological polar surface area (TPSA) is 95.8 Å². The Morgan fingerprint density at radius 1 is 1.07 bits per heavy atom. The predicted octanol–water partition coefficient (Wildman–Crippen LogP) is 2.50. The highest BCUT2D eigenvalue weighted by Crippen LogP contribution is 2.27. The summed E-state index contributed by atoms with van der Waals surface area (Å²) in [5, 5.41) is 14.0. The van der Waals surface area contributed by atoms with Gasteiger partial charge < -0.3 is 15.1 Å². The molecule has 2 saturated heterocycles. The molecule has 2 aliphatic heterocycles. The number of piperidine rings is 2. The fourth-order valence-corrected chi connectivity index (χ4v) is 3.91. The summed E-state index contributed by atoms with van der Waals surface area (Å²) in [6, 6.07) is 4.48. The first-order valence-corrected chi connectivity index (χ1v) is 9.55. The van der Waals surface area contributed by atoms with Gasteiger partial charge in [-0.1, -0.05) is 0 Å². The molecule has 0 aliphatic carbocycles. The van der Waals surface area contributed by atoms with Crippen LogP contribution in [0.1, 0.15) is 42.5 Å². The number of nitro benzene ring substituents is 1. The molecule has 1 aromatic rings. The van der Waals surface area contributed by atoms with E-state index >= 15 is 0 Å². The number of nitrogens with one attached hydrogen (secondary N) is 1. The van der Waals surface area contributed by atoms with E-state index in [-0.39, 0.29) is 23.4 Å². The fraction of sp³-hybridized carbons (Fsp3) is 0.579. The number of likely N-dealkylation sites (tertiary alicyclic amines) is 2. The Kier molecular flexibility index (Phi) is 5.93. The first kappa shape index (κ1) is 19.1. The highest BCUT2D eigenvalue weighted by atomic mass is 16.6. The van der Waals surface area contributed by atoms with E-state index < -0.39 is 4.92 Å². The van der Waals surface area contributed by atoms with Gasteiger partial charge in [0.05, 0.1) is 4.92 Å². The van der Waals surface area contributed by atoms with E-state index in [0.29, 0.717) is 37.2 Å². The minimum absolute atomic E-state index is 0.0202. The number of nitro groups is 1. The van der Waals surface area contributed by atoms with Crippen LogP contribution in [0.4, 0.5) is 11.4 Å². The van der Waals surface area contributed by atoms with E-state index in [0.717, 1.165) is 25.9 Å². The van der Waals surface area contributed by atoms with Gasteiger partial charge in [-0.05, 0) is 44.2 Å². The van der Waals surface area contributed by atoms with Crippen molar-refractivity contribution in [1.29, 1.82) is 0 Å². The molecule has 2 amide bonds. The van der Waals surface area contributed by atoms with Gasteiger partial charge in [-0.2, -0.15) is 0 Å². The quantitative estimate of drug-likeness (QED) is 0.645. The van der Waals surface area contributed by atoms with Crippen molar-refractivity contribution in [3.05, 3.63) is 33.9 Å². The van der Waals surface area contributed by atoms with E-state index in [1.165, 1.54) is 12.5 Å². The van der Waals surface area contributed by atoms with Gasteiger partial charge in [0.25, 0.3) is 11.6 Å². The monoisotopic (exact) mass is 374 g/mol. The standard InChI is InChI=1S/C19H26N4O4/c1-20-16-6-5-15(13-17(16)23(26)27)19(25)22-11-7-14(8-12-22)18(24)21-9-3-2-4-10-21/h5-6,13-14,20H,2-4,7-12H2,1H3. The van der Waals surface area contributed by atoms with E-state index in [4.69, 9.17) is 0 Å². The van der Waals surface area contributed by atoms with Gasteiger partial charge in [0.15, 0.2) is 0 Å². The number of amides is 2. The highest BCUT2D eigenvalue weighted by Gasteiger charge is 2.31. The van der Waals surface area contributed by atoms with Crippen LogP contribution in [-0.2, 0) is 4.79 Å². The molecule has 8 nitrogen and oxygen atoms in total. The van der Waals surface area contributed by atoms with Gasteiger partial charge in [0.2, 0.25) is 5.91 Å². The molecule has 3 rings (SSSR count). The first-order chi connectivity index (χ1) is 13.0. The van der Waals surface area contributed by atoms with Gasteiger partial charge >= 0.3 is 0 Å². The molecule has 0 spiro atoms. The third kappa shape index (κ3) is 4.20. The average molecular weight is 374 g/mol. The highest BCUT2D eigenvalue weighted by molar-refractivity contribution is 5.96. The second-order valence-corrected chi connectivity index (χ2v) is 7.19. The van der Waals surface area contributed by atoms with Crippen molar-refractivity contribution in [3.63, 3.8) is 0 Å². The van der Waals surface area contributed by atoms with Crippen molar-refractivity contribution in [2.24, 2.45) is 5.92 Å². The summed E-state index contributed by atoms with van der Waals surface area (Å²) in [4.78, 5) is 39.7. The number of carbonyl (C=O) groups excluding carboxylic acids is 2. The van der Waals surface area contributed by atoms with Crippen molar-refractivity contribution >= 4 is 23.2 Å². The lowest BCUT2D eigenvalue weighted by molar-refractivity contribution is -0.384. The van der Waals surface area contributed by atoms with Crippen LogP contribution < -0.4 is 5.32 Å². The Balaban J connectivity index is 1.62. The third-order valence-corrected chi connectivity index (χ3v) is 5.51. The first-order valence-electron chi connectivity index (χ1n) is 9.55. The minimum Gasteiger partial charge on any atom is -0.383 e. The van der Waals surface area contributed by atoms with Gasteiger partial charge in [-0.15, -0.1) is 0 Å². The predicted molar refractivity (Wildman–Crippen MR) is 102 cm³/mol. The molecule has 1 aromatic carbocycles. The van der Waals surface area contributed by atoms with Crippen molar-refractivity contribution in [1.82, 2.24) is 9.80 Å². The van der Waals surface area contributed by atoms with Crippen LogP contribution in [0.3, 0.4) is 0 Å². The van der Waals surface area contributed by atoms with Crippen LogP contribution in [0, 0.1) is 16.0 Å². The van der Waals surface area contributed by atoms with Crippen molar-refractivity contribution < 1.29 is 14.5 Å². The molecule has 0 atom stereocenters. The molecule has 1 N–H and O–H groups in total. The molecule has 0 bridgehead atoms. The lowest BCUT2D eigenvalue weighted by atomic mass is 9.94. The molecule has 0 radical (unpaired) electrons. The summed E-state index contributed by atoms with van der Waals surface area (Å²) in [5.74, 6) is -0.0198. The molecular formula is C19H26N4O4. The number of nitrogens with zero attached hydrogens (tertiary/aromatic N) is 3. The molecule has 0 saturated carbocycles. The summed E-state index contributed by atoms with van der Waals surface area (Å²) in [5.41, 5.74) is 0.572. The largest absolute Gasteiger partial charge is 0.383 e. The zero-order valence-electron chi connectivity index (χ0n) is 15.6.